The fraction of sp³-hybridized carbons (Fsp3) is 0.462. The average molecular weight is 235 g/mol. The summed E-state index contributed by atoms with van der Waals surface area (Å²) in [6, 6.07) is 7.55. The molecular formula is C13H17NO3. The SMILES string of the molecule is O=C(O)c1ccccc1CNC1CCOCC1. The predicted molar refractivity (Wildman–Crippen MR) is 64.1 cm³/mol. The van der Waals surface area contributed by atoms with E-state index in [1.807, 2.05) is 12.1 Å². The summed E-state index contributed by atoms with van der Waals surface area (Å²) < 4.78 is 5.28. The minimum absolute atomic E-state index is 0.382. The summed E-state index contributed by atoms with van der Waals surface area (Å²) in [6.07, 6.45) is 1.99. The van der Waals surface area contributed by atoms with Gasteiger partial charge in [0.1, 0.15) is 0 Å². The first-order valence-electron chi connectivity index (χ1n) is 5.89. The van der Waals surface area contributed by atoms with E-state index in [0.29, 0.717) is 18.2 Å². The number of hydrogen-bond donors (Lipinski definition) is 2. The molecule has 0 spiro atoms. The van der Waals surface area contributed by atoms with Crippen molar-refractivity contribution in [1.82, 2.24) is 5.32 Å². The van der Waals surface area contributed by atoms with Gasteiger partial charge in [-0.3, -0.25) is 0 Å². The van der Waals surface area contributed by atoms with E-state index in [-0.39, 0.29) is 0 Å². The molecule has 1 aromatic carbocycles. The molecule has 0 radical (unpaired) electrons. The predicted octanol–water partition coefficient (Wildman–Crippen LogP) is 1.65. The third-order valence-electron chi connectivity index (χ3n) is 3.05. The zero-order valence-electron chi connectivity index (χ0n) is 9.69. The molecule has 1 aromatic rings. The molecule has 1 aliphatic rings. The minimum Gasteiger partial charge on any atom is -0.478 e. The van der Waals surface area contributed by atoms with Crippen LogP contribution in [0.1, 0.15) is 28.8 Å². The van der Waals surface area contributed by atoms with Crippen LogP contribution in [0.25, 0.3) is 0 Å². The minimum atomic E-state index is -0.866. The van der Waals surface area contributed by atoms with Crippen LogP contribution in [0.5, 0.6) is 0 Å². The molecule has 2 N–H and O–H groups in total. The molecule has 0 aromatic heterocycles. The Morgan fingerprint density at radius 3 is 2.76 bits per heavy atom. The summed E-state index contributed by atoms with van der Waals surface area (Å²) in [5, 5.41) is 12.4. The van der Waals surface area contributed by atoms with Crippen molar-refractivity contribution in [2.24, 2.45) is 0 Å². The molecule has 4 nitrogen and oxygen atoms in total. The first-order valence-corrected chi connectivity index (χ1v) is 5.89. The molecule has 0 atom stereocenters. The van der Waals surface area contributed by atoms with Crippen LogP contribution in [0.3, 0.4) is 0 Å². The Bertz CT molecular complexity index is 386. The fourth-order valence-corrected chi connectivity index (χ4v) is 2.04. The van der Waals surface area contributed by atoms with E-state index < -0.39 is 5.97 Å². The second kappa shape index (κ2) is 5.80. The lowest BCUT2D eigenvalue weighted by molar-refractivity contribution is 0.0692. The largest absolute Gasteiger partial charge is 0.478 e. The summed E-state index contributed by atoms with van der Waals surface area (Å²) >= 11 is 0. The summed E-state index contributed by atoms with van der Waals surface area (Å²) in [4.78, 5) is 11.0. The Balaban J connectivity index is 1.96. The molecule has 1 aliphatic heterocycles. The molecule has 0 bridgehead atoms. The van der Waals surface area contributed by atoms with Gasteiger partial charge in [-0.05, 0) is 24.5 Å². The van der Waals surface area contributed by atoms with Crippen molar-refractivity contribution in [3.63, 3.8) is 0 Å². The summed E-state index contributed by atoms with van der Waals surface area (Å²) in [5.41, 5.74) is 1.22. The topological polar surface area (TPSA) is 58.6 Å². The number of hydrogen-bond acceptors (Lipinski definition) is 3. The molecule has 0 amide bonds. The monoisotopic (exact) mass is 235 g/mol. The average Bonchev–Trinajstić information content (AvgIpc) is 2.38. The highest BCUT2D eigenvalue weighted by molar-refractivity contribution is 5.89. The van der Waals surface area contributed by atoms with E-state index in [0.717, 1.165) is 31.6 Å². The van der Waals surface area contributed by atoms with Gasteiger partial charge in [-0.1, -0.05) is 18.2 Å². The van der Waals surface area contributed by atoms with Crippen molar-refractivity contribution in [2.45, 2.75) is 25.4 Å². The third-order valence-corrected chi connectivity index (χ3v) is 3.05. The van der Waals surface area contributed by atoms with Crippen LogP contribution in [-0.4, -0.2) is 30.3 Å². The lowest BCUT2D eigenvalue weighted by atomic mass is 10.1. The number of carbonyl (C=O) groups is 1. The lowest BCUT2D eigenvalue weighted by Crippen LogP contribution is -2.34. The molecule has 0 unspecified atom stereocenters. The maximum atomic E-state index is 11.0. The molecule has 1 fully saturated rings. The smallest absolute Gasteiger partial charge is 0.336 e. The van der Waals surface area contributed by atoms with Gasteiger partial charge in [0, 0.05) is 25.8 Å². The van der Waals surface area contributed by atoms with Crippen molar-refractivity contribution in [1.29, 1.82) is 0 Å². The van der Waals surface area contributed by atoms with Crippen LogP contribution >= 0.6 is 0 Å². The molecule has 17 heavy (non-hydrogen) atoms. The maximum Gasteiger partial charge on any atom is 0.336 e. The quantitative estimate of drug-likeness (QED) is 0.833. The van der Waals surface area contributed by atoms with E-state index >= 15 is 0 Å². The Kier molecular flexibility index (Phi) is 4.12. The van der Waals surface area contributed by atoms with E-state index in [1.165, 1.54) is 0 Å². The van der Waals surface area contributed by atoms with Crippen LogP contribution < -0.4 is 5.32 Å². The van der Waals surface area contributed by atoms with Crippen molar-refractivity contribution < 1.29 is 14.6 Å². The van der Waals surface area contributed by atoms with Gasteiger partial charge in [0.2, 0.25) is 0 Å². The number of rotatable bonds is 4. The highest BCUT2D eigenvalue weighted by atomic mass is 16.5. The molecular weight excluding hydrogens is 218 g/mol. The first-order chi connectivity index (χ1) is 8.27. The van der Waals surface area contributed by atoms with Crippen LogP contribution in [0.4, 0.5) is 0 Å². The van der Waals surface area contributed by atoms with Crippen molar-refractivity contribution in [3.05, 3.63) is 35.4 Å². The molecule has 2 rings (SSSR count). The summed E-state index contributed by atoms with van der Waals surface area (Å²) in [6.45, 7) is 2.18. The number of benzene rings is 1. The van der Waals surface area contributed by atoms with Crippen LogP contribution in [0, 0.1) is 0 Å². The first kappa shape index (κ1) is 12.1. The number of ether oxygens (including phenoxy) is 1. The molecule has 1 saturated heterocycles. The zero-order valence-corrected chi connectivity index (χ0v) is 9.69. The van der Waals surface area contributed by atoms with Gasteiger partial charge in [0.15, 0.2) is 0 Å². The third kappa shape index (κ3) is 3.28. The van der Waals surface area contributed by atoms with Gasteiger partial charge >= 0.3 is 5.97 Å². The van der Waals surface area contributed by atoms with Gasteiger partial charge in [-0.25, -0.2) is 4.79 Å². The Hall–Kier alpha value is -1.39. The molecule has 0 saturated carbocycles. The summed E-state index contributed by atoms with van der Waals surface area (Å²) in [5.74, 6) is -0.866. The standard InChI is InChI=1S/C13H17NO3/c15-13(16)12-4-2-1-3-10(12)9-14-11-5-7-17-8-6-11/h1-4,11,14H,5-9H2,(H,15,16). The van der Waals surface area contributed by atoms with Crippen molar-refractivity contribution >= 4 is 5.97 Å². The van der Waals surface area contributed by atoms with E-state index in [9.17, 15) is 4.79 Å². The number of carboxylic acids is 1. The van der Waals surface area contributed by atoms with E-state index in [2.05, 4.69) is 5.32 Å². The highest BCUT2D eigenvalue weighted by Gasteiger charge is 2.14. The second-order valence-electron chi connectivity index (χ2n) is 4.23. The highest BCUT2D eigenvalue weighted by Crippen LogP contribution is 2.11. The number of carboxylic acid groups (broad SMARTS) is 1. The molecule has 4 heteroatoms. The summed E-state index contributed by atoms with van der Waals surface area (Å²) in [7, 11) is 0. The van der Waals surface area contributed by atoms with Gasteiger partial charge in [-0.15, -0.1) is 0 Å². The van der Waals surface area contributed by atoms with Crippen molar-refractivity contribution in [2.75, 3.05) is 13.2 Å². The Labute approximate surface area is 101 Å². The number of nitrogens with one attached hydrogen (secondary N) is 1. The van der Waals surface area contributed by atoms with Gasteiger partial charge in [0.05, 0.1) is 5.56 Å². The molecule has 92 valence electrons. The molecule has 1 heterocycles. The second-order valence-corrected chi connectivity index (χ2v) is 4.23. The number of aromatic carboxylic acids is 1. The normalized spacial score (nSPS) is 16.9. The van der Waals surface area contributed by atoms with Crippen LogP contribution in [0.2, 0.25) is 0 Å². The lowest BCUT2D eigenvalue weighted by Gasteiger charge is -2.23. The Morgan fingerprint density at radius 1 is 1.35 bits per heavy atom. The maximum absolute atomic E-state index is 11.0. The fourth-order valence-electron chi connectivity index (χ4n) is 2.04. The zero-order chi connectivity index (χ0) is 12.1. The van der Waals surface area contributed by atoms with Crippen LogP contribution in [-0.2, 0) is 11.3 Å². The van der Waals surface area contributed by atoms with E-state index in [4.69, 9.17) is 9.84 Å². The Morgan fingerprint density at radius 2 is 2.06 bits per heavy atom. The van der Waals surface area contributed by atoms with Gasteiger partial charge < -0.3 is 15.2 Å². The van der Waals surface area contributed by atoms with Crippen LogP contribution in [0.15, 0.2) is 24.3 Å². The van der Waals surface area contributed by atoms with E-state index in [1.54, 1.807) is 12.1 Å². The van der Waals surface area contributed by atoms with Gasteiger partial charge in [0.25, 0.3) is 0 Å². The van der Waals surface area contributed by atoms with Gasteiger partial charge in [-0.2, -0.15) is 0 Å². The molecule has 0 aliphatic carbocycles. The van der Waals surface area contributed by atoms with Crippen molar-refractivity contribution in [3.8, 4) is 0 Å².